The first-order chi connectivity index (χ1) is 7.19. The fraction of sp³-hybridized carbons (Fsp3) is 0.250. The normalized spacial score (nSPS) is 9.73. The summed E-state index contributed by atoms with van der Waals surface area (Å²) in [4.78, 5) is 10.7. The average molecular weight is 225 g/mol. The van der Waals surface area contributed by atoms with Gasteiger partial charge in [0.05, 0.1) is 10.6 Å². The first kappa shape index (κ1) is 11.8. The smallest absolute Gasteiger partial charge is 0.153 e. The van der Waals surface area contributed by atoms with Gasteiger partial charge in [0.15, 0.2) is 6.29 Å². The van der Waals surface area contributed by atoms with E-state index in [0.717, 1.165) is 18.3 Å². The van der Waals surface area contributed by atoms with Crippen molar-refractivity contribution < 1.29 is 9.53 Å². The van der Waals surface area contributed by atoms with Crippen LogP contribution in [0.25, 0.3) is 0 Å². The molecular formula is C12H13ClO2. The summed E-state index contributed by atoms with van der Waals surface area (Å²) in [7, 11) is 0. The minimum Gasteiger partial charge on any atom is -0.487 e. The van der Waals surface area contributed by atoms with E-state index in [4.69, 9.17) is 16.3 Å². The van der Waals surface area contributed by atoms with Crippen molar-refractivity contribution in [3.63, 3.8) is 0 Å². The third kappa shape index (κ3) is 3.10. The first-order valence-corrected chi connectivity index (χ1v) is 5.10. The lowest BCUT2D eigenvalue weighted by molar-refractivity contribution is 0.112. The largest absolute Gasteiger partial charge is 0.487 e. The third-order valence-corrected chi connectivity index (χ3v) is 2.34. The van der Waals surface area contributed by atoms with E-state index in [9.17, 15) is 4.79 Å². The SMILES string of the molecule is C=C(CC)COc1c(Cl)cccc1C=O. The molecule has 0 fully saturated rings. The molecule has 1 aromatic carbocycles. The molecule has 2 nitrogen and oxygen atoms in total. The summed E-state index contributed by atoms with van der Waals surface area (Å²) in [6.07, 6.45) is 1.58. The number of hydrogen-bond acceptors (Lipinski definition) is 2. The van der Waals surface area contributed by atoms with Crippen LogP contribution in [0.3, 0.4) is 0 Å². The number of ether oxygens (including phenoxy) is 1. The van der Waals surface area contributed by atoms with Gasteiger partial charge in [-0.2, -0.15) is 0 Å². The minimum atomic E-state index is 0.390. The predicted molar refractivity (Wildman–Crippen MR) is 61.8 cm³/mol. The Hall–Kier alpha value is -1.28. The number of carbonyl (C=O) groups excluding carboxylic acids is 1. The highest BCUT2D eigenvalue weighted by Crippen LogP contribution is 2.27. The number of hydrogen-bond donors (Lipinski definition) is 0. The van der Waals surface area contributed by atoms with Crippen LogP contribution in [0.15, 0.2) is 30.4 Å². The van der Waals surface area contributed by atoms with Crippen molar-refractivity contribution in [2.45, 2.75) is 13.3 Å². The van der Waals surface area contributed by atoms with Gasteiger partial charge in [-0.15, -0.1) is 0 Å². The predicted octanol–water partition coefficient (Wildman–Crippen LogP) is 3.50. The van der Waals surface area contributed by atoms with Crippen LogP contribution in [0.5, 0.6) is 5.75 Å². The molecule has 0 radical (unpaired) electrons. The zero-order valence-electron chi connectivity index (χ0n) is 8.63. The van der Waals surface area contributed by atoms with E-state index in [1.165, 1.54) is 0 Å². The van der Waals surface area contributed by atoms with Crippen molar-refractivity contribution in [1.82, 2.24) is 0 Å². The lowest BCUT2D eigenvalue weighted by atomic mass is 10.2. The van der Waals surface area contributed by atoms with Gasteiger partial charge in [0.2, 0.25) is 0 Å². The fourth-order valence-corrected chi connectivity index (χ4v) is 1.28. The van der Waals surface area contributed by atoms with Crippen LogP contribution in [0.1, 0.15) is 23.7 Å². The Morgan fingerprint density at radius 3 is 2.93 bits per heavy atom. The van der Waals surface area contributed by atoms with Gasteiger partial charge in [-0.25, -0.2) is 0 Å². The van der Waals surface area contributed by atoms with Gasteiger partial charge in [-0.1, -0.05) is 31.2 Å². The standard InChI is InChI=1S/C12H13ClO2/c1-3-9(2)8-15-12-10(7-14)5-4-6-11(12)13/h4-7H,2-3,8H2,1H3. The Bertz CT molecular complexity index is 372. The molecule has 3 heteroatoms. The van der Waals surface area contributed by atoms with Crippen LogP contribution in [-0.4, -0.2) is 12.9 Å². The van der Waals surface area contributed by atoms with E-state index in [2.05, 4.69) is 6.58 Å². The van der Waals surface area contributed by atoms with Gasteiger partial charge >= 0.3 is 0 Å². The molecule has 1 aromatic rings. The van der Waals surface area contributed by atoms with Crippen LogP contribution >= 0.6 is 11.6 Å². The Kier molecular flexibility index (Phi) is 4.37. The van der Waals surface area contributed by atoms with Crippen molar-refractivity contribution in [2.75, 3.05) is 6.61 Å². The molecule has 0 aliphatic heterocycles. The second kappa shape index (κ2) is 5.56. The molecule has 0 aliphatic carbocycles. The molecule has 0 aliphatic rings. The maximum absolute atomic E-state index is 10.7. The van der Waals surface area contributed by atoms with Crippen LogP contribution in [0.4, 0.5) is 0 Å². The van der Waals surface area contributed by atoms with E-state index in [0.29, 0.717) is 22.9 Å². The van der Waals surface area contributed by atoms with Gasteiger partial charge in [0.25, 0.3) is 0 Å². The summed E-state index contributed by atoms with van der Waals surface area (Å²) < 4.78 is 5.45. The summed E-state index contributed by atoms with van der Waals surface area (Å²) in [5.74, 6) is 0.434. The molecule has 0 spiro atoms. The number of aldehydes is 1. The summed E-state index contributed by atoms with van der Waals surface area (Å²) in [5.41, 5.74) is 1.43. The third-order valence-electron chi connectivity index (χ3n) is 2.05. The minimum absolute atomic E-state index is 0.390. The monoisotopic (exact) mass is 224 g/mol. The molecule has 80 valence electrons. The molecule has 0 aromatic heterocycles. The van der Waals surface area contributed by atoms with Crippen molar-refractivity contribution in [3.8, 4) is 5.75 Å². The van der Waals surface area contributed by atoms with E-state index >= 15 is 0 Å². The Balaban J connectivity index is 2.83. The second-order valence-electron chi connectivity index (χ2n) is 3.17. The summed E-state index contributed by atoms with van der Waals surface area (Å²) in [6.45, 7) is 6.21. The van der Waals surface area contributed by atoms with Crippen molar-refractivity contribution in [2.24, 2.45) is 0 Å². The van der Waals surface area contributed by atoms with Gasteiger partial charge < -0.3 is 4.74 Å². The highest BCUT2D eigenvalue weighted by molar-refractivity contribution is 6.32. The van der Waals surface area contributed by atoms with Crippen LogP contribution in [-0.2, 0) is 0 Å². The van der Waals surface area contributed by atoms with Crippen molar-refractivity contribution in [3.05, 3.63) is 40.9 Å². The maximum atomic E-state index is 10.7. The fourth-order valence-electron chi connectivity index (χ4n) is 1.05. The Morgan fingerprint density at radius 2 is 2.33 bits per heavy atom. The summed E-state index contributed by atoms with van der Waals surface area (Å²) >= 11 is 5.92. The summed E-state index contributed by atoms with van der Waals surface area (Å²) in [5, 5.41) is 0.448. The van der Waals surface area contributed by atoms with Gasteiger partial charge in [-0.3, -0.25) is 4.79 Å². The molecule has 1 rings (SSSR count). The molecule has 0 unspecified atom stereocenters. The van der Waals surface area contributed by atoms with Crippen molar-refractivity contribution in [1.29, 1.82) is 0 Å². The van der Waals surface area contributed by atoms with Crippen LogP contribution in [0.2, 0.25) is 5.02 Å². The lowest BCUT2D eigenvalue weighted by Crippen LogP contribution is -2.02. The summed E-state index contributed by atoms with van der Waals surface area (Å²) in [6, 6.07) is 5.08. The lowest BCUT2D eigenvalue weighted by Gasteiger charge is -2.10. The molecule has 0 saturated heterocycles. The molecule has 0 atom stereocenters. The quantitative estimate of drug-likeness (QED) is 0.565. The van der Waals surface area contributed by atoms with Gasteiger partial charge in [-0.05, 0) is 24.1 Å². The topological polar surface area (TPSA) is 26.3 Å². The van der Waals surface area contributed by atoms with E-state index in [1.54, 1.807) is 18.2 Å². The molecule has 0 amide bonds. The van der Waals surface area contributed by atoms with Crippen molar-refractivity contribution >= 4 is 17.9 Å². The molecule has 0 heterocycles. The van der Waals surface area contributed by atoms with E-state index in [1.807, 2.05) is 6.92 Å². The van der Waals surface area contributed by atoms with E-state index in [-0.39, 0.29) is 0 Å². The van der Waals surface area contributed by atoms with Crippen LogP contribution in [0, 0.1) is 0 Å². The van der Waals surface area contributed by atoms with Crippen LogP contribution < -0.4 is 4.74 Å². The Morgan fingerprint density at radius 1 is 1.60 bits per heavy atom. The molecule has 0 N–H and O–H groups in total. The van der Waals surface area contributed by atoms with E-state index < -0.39 is 0 Å². The zero-order chi connectivity index (χ0) is 11.3. The second-order valence-corrected chi connectivity index (χ2v) is 3.58. The molecule has 0 bridgehead atoms. The number of rotatable bonds is 5. The number of carbonyl (C=O) groups is 1. The van der Waals surface area contributed by atoms with Gasteiger partial charge in [0, 0.05) is 0 Å². The first-order valence-electron chi connectivity index (χ1n) is 4.72. The highest BCUT2D eigenvalue weighted by Gasteiger charge is 2.07. The molecular weight excluding hydrogens is 212 g/mol. The Labute approximate surface area is 94.5 Å². The molecule has 0 saturated carbocycles. The number of halogens is 1. The average Bonchev–Trinajstić information content (AvgIpc) is 2.26. The maximum Gasteiger partial charge on any atom is 0.153 e. The highest BCUT2D eigenvalue weighted by atomic mass is 35.5. The number of para-hydroxylation sites is 1. The molecule has 15 heavy (non-hydrogen) atoms. The zero-order valence-corrected chi connectivity index (χ0v) is 9.38. The van der Waals surface area contributed by atoms with Gasteiger partial charge in [0.1, 0.15) is 12.4 Å². The number of benzene rings is 1.